The van der Waals surface area contributed by atoms with Crippen LogP contribution in [-0.2, 0) is 6.42 Å². The van der Waals surface area contributed by atoms with Crippen molar-refractivity contribution >= 4 is 23.4 Å². The molecule has 2 aromatic rings. The van der Waals surface area contributed by atoms with E-state index in [9.17, 15) is 9.59 Å². The Morgan fingerprint density at radius 3 is 1.36 bits per heavy atom. The molecule has 0 aliphatic carbocycles. The van der Waals surface area contributed by atoms with Gasteiger partial charge >= 0.3 is 12.1 Å². The first-order chi connectivity index (χ1) is 12.1. The lowest BCUT2D eigenvalue weighted by atomic mass is 10.0. The molecule has 0 heterocycles. The zero-order chi connectivity index (χ0) is 18.1. The summed E-state index contributed by atoms with van der Waals surface area (Å²) in [6.45, 7) is 4.93. The molecule has 0 fully saturated rings. The summed E-state index contributed by atoms with van der Waals surface area (Å²) in [4.78, 5) is 23.0. The number of rotatable bonds is 6. The first-order valence-corrected chi connectivity index (χ1v) is 8.38. The number of carbonyl (C=O) groups excluding carboxylic acids is 2. The zero-order valence-corrected chi connectivity index (χ0v) is 14.6. The van der Waals surface area contributed by atoms with Gasteiger partial charge in [-0.2, -0.15) is 0 Å². The molecular weight excluding hydrogens is 316 g/mol. The van der Waals surface area contributed by atoms with Gasteiger partial charge < -0.3 is 21.3 Å². The van der Waals surface area contributed by atoms with E-state index in [0.717, 1.165) is 28.9 Å². The Balaban J connectivity index is 1.91. The summed E-state index contributed by atoms with van der Waals surface area (Å²) in [5.74, 6) is 0. The summed E-state index contributed by atoms with van der Waals surface area (Å²) in [6.07, 6.45) is 0.781. The molecule has 4 N–H and O–H groups in total. The lowest BCUT2D eigenvalue weighted by Gasteiger charge is -2.08. The minimum Gasteiger partial charge on any atom is -0.338 e. The van der Waals surface area contributed by atoms with E-state index in [1.807, 2.05) is 62.4 Å². The van der Waals surface area contributed by atoms with Crippen LogP contribution in [0.1, 0.15) is 25.0 Å². The maximum absolute atomic E-state index is 11.5. The van der Waals surface area contributed by atoms with Crippen LogP contribution in [-0.4, -0.2) is 25.2 Å². The Morgan fingerprint density at radius 2 is 1.04 bits per heavy atom. The highest BCUT2D eigenvalue weighted by Gasteiger charge is 2.02. The van der Waals surface area contributed by atoms with Gasteiger partial charge in [-0.3, -0.25) is 0 Å². The van der Waals surface area contributed by atoms with Crippen molar-refractivity contribution in [3.8, 4) is 0 Å². The molecule has 132 valence electrons. The lowest BCUT2D eigenvalue weighted by Crippen LogP contribution is -2.28. The zero-order valence-electron chi connectivity index (χ0n) is 14.6. The van der Waals surface area contributed by atoms with Crippen molar-refractivity contribution in [2.24, 2.45) is 0 Å². The fourth-order valence-electron chi connectivity index (χ4n) is 2.32. The van der Waals surface area contributed by atoms with Crippen LogP contribution in [0.25, 0.3) is 0 Å². The highest BCUT2D eigenvalue weighted by atomic mass is 16.2. The quantitative estimate of drug-likeness (QED) is 0.648. The molecule has 2 rings (SSSR count). The van der Waals surface area contributed by atoms with Crippen molar-refractivity contribution in [3.63, 3.8) is 0 Å². The van der Waals surface area contributed by atoms with Crippen molar-refractivity contribution < 1.29 is 9.59 Å². The van der Waals surface area contributed by atoms with Crippen LogP contribution in [0.15, 0.2) is 48.5 Å². The molecule has 0 aliphatic rings. The van der Waals surface area contributed by atoms with Gasteiger partial charge in [0.15, 0.2) is 0 Å². The third kappa shape index (κ3) is 6.18. The van der Waals surface area contributed by atoms with Crippen LogP contribution in [0.2, 0.25) is 0 Å². The summed E-state index contributed by atoms with van der Waals surface area (Å²) in [5, 5.41) is 10.9. The average Bonchev–Trinajstić information content (AvgIpc) is 2.59. The van der Waals surface area contributed by atoms with Crippen LogP contribution in [0.4, 0.5) is 21.0 Å². The maximum Gasteiger partial charge on any atom is 0.319 e. The highest BCUT2D eigenvalue weighted by Crippen LogP contribution is 2.16. The molecule has 6 heteroatoms. The number of hydrogen-bond acceptors (Lipinski definition) is 2. The number of anilines is 2. The normalized spacial score (nSPS) is 10.0. The van der Waals surface area contributed by atoms with Crippen LogP contribution in [0.5, 0.6) is 0 Å². The molecule has 4 amide bonds. The van der Waals surface area contributed by atoms with E-state index >= 15 is 0 Å². The molecule has 25 heavy (non-hydrogen) atoms. The average molecular weight is 340 g/mol. The molecular formula is C19H24N4O2. The van der Waals surface area contributed by atoms with E-state index in [1.165, 1.54) is 0 Å². The van der Waals surface area contributed by atoms with E-state index in [-0.39, 0.29) is 12.1 Å². The van der Waals surface area contributed by atoms with Gasteiger partial charge in [0.1, 0.15) is 0 Å². The van der Waals surface area contributed by atoms with Gasteiger partial charge in [0.2, 0.25) is 0 Å². The Labute approximate surface area is 148 Å². The second-order valence-corrected chi connectivity index (χ2v) is 5.54. The van der Waals surface area contributed by atoms with Gasteiger partial charge in [0, 0.05) is 24.5 Å². The van der Waals surface area contributed by atoms with Gasteiger partial charge in [0.25, 0.3) is 0 Å². The summed E-state index contributed by atoms with van der Waals surface area (Å²) in [5.41, 5.74) is 3.81. The largest absolute Gasteiger partial charge is 0.338 e. The Kier molecular flexibility index (Phi) is 6.83. The fourth-order valence-corrected chi connectivity index (χ4v) is 2.32. The van der Waals surface area contributed by atoms with Gasteiger partial charge in [-0.1, -0.05) is 24.3 Å². The number of hydrogen-bond donors (Lipinski definition) is 4. The van der Waals surface area contributed by atoms with Crippen LogP contribution < -0.4 is 21.3 Å². The minimum absolute atomic E-state index is 0.203. The summed E-state index contributed by atoms with van der Waals surface area (Å²) in [7, 11) is 0. The van der Waals surface area contributed by atoms with Crippen molar-refractivity contribution in [2.75, 3.05) is 23.7 Å². The smallest absolute Gasteiger partial charge is 0.319 e. The van der Waals surface area contributed by atoms with Crippen LogP contribution in [0.3, 0.4) is 0 Å². The van der Waals surface area contributed by atoms with E-state index in [1.54, 1.807) is 0 Å². The molecule has 0 atom stereocenters. The number of amides is 4. The molecule has 0 unspecified atom stereocenters. The topological polar surface area (TPSA) is 82.3 Å². The van der Waals surface area contributed by atoms with Crippen molar-refractivity contribution in [3.05, 3.63) is 59.7 Å². The maximum atomic E-state index is 11.5. The van der Waals surface area contributed by atoms with E-state index in [2.05, 4.69) is 21.3 Å². The van der Waals surface area contributed by atoms with Gasteiger partial charge in [-0.25, -0.2) is 9.59 Å². The molecule has 6 nitrogen and oxygen atoms in total. The second-order valence-electron chi connectivity index (χ2n) is 5.54. The van der Waals surface area contributed by atoms with Gasteiger partial charge in [0.05, 0.1) is 0 Å². The van der Waals surface area contributed by atoms with Crippen molar-refractivity contribution in [1.29, 1.82) is 0 Å². The SMILES string of the molecule is CCNC(=O)Nc1ccc(Cc2ccc(NC(=O)NCC)cc2)cc1. The van der Waals surface area contributed by atoms with Crippen molar-refractivity contribution in [2.45, 2.75) is 20.3 Å². The Morgan fingerprint density at radius 1 is 0.680 bits per heavy atom. The predicted molar refractivity (Wildman–Crippen MR) is 101 cm³/mol. The van der Waals surface area contributed by atoms with E-state index in [0.29, 0.717) is 13.1 Å². The standard InChI is InChI=1S/C19H24N4O2/c1-3-20-18(24)22-16-9-5-14(6-10-16)13-15-7-11-17(12-8-15)23-19(25)21-4-2/h5-12H,3-4,13H2,1-2H3,(H2,20,22,24)(H2,21,23,25). The summed E-state index contributed by atoms with van der Waals surface area (Å²) >= 11 is 0. The molecule has 2 aromatic carbocycles. The Hall–Kier alpha value is -3.02. The first-order valence-electron chi connectivity index (χ1n) is 8.38. The fraction of sp³-hybridized carbons (Fsp3) is 0.263. The van der Waals surface area contributed by atoms with Crippen molar-refractivity contribution in [1.82, 2.24) is 10.6 Å². The number of urea groups is 2. The molecule has 0 bridgehead atoms. The summed E-state index contributed by atoms with van der Waals surface area (Å²) in [6, 6.07) is 15.1. The molecule has 0 aliphatic heterocycles. The summed E-state index contributed by atoms with van der Waals surface area (Å²) < 4.78 is 0. The molecule has 0 saturated carbocycles. The number of nitrogens with one attached hydrogen (secondary N) is 4. The van der Waals surface area contributed by atoms with Crippen LogP contribution >= 0.6 is 0 Å². The minimum atomic E-state index is -0.203. The van der Waals surface area contributed by atoms with Gasteiger partial charge in [-0.15, -0.1) is 0 Å². The molecule has 0 spiro atoms. The monoisotopic (exact) mass is 340 g/mol. The lowest BCUT2D eigenvalue weighted by molar-refractivity contribution is 0.251. The Bertz CT molecular complexity index is 635. The third-order valence-electron chi connectivity index (χ3n) is 3.51. The molecule has 0 saturated heterocycles. The van der Waals surface area contributed by atoms with Gasteiger partial charge in [-0.05, 0) is 55.7 Å². The van der Waals surface area contributed by atoms with E-state index in [4.69, 9.17) is 0 Å². The number of carbonyl (C=O) groups is 2. The first kappa shape index (κ1) is 18.3. The molecule has 0 radical (unpaired) electrons. The highest BCUT2D eigenvalue weighted by molar-refractivity contribution is 5.89. The predicted octanol–water partition coefficient (Wildman–Crippen LogP) is 3.56. The number of benzene rings is 2. The van der Waals surface area contributed by atoms with Crippen LogP contribution in [0, 0.1) is 0 Å². The third-order valence-corrected chi connectivity index (χ3v) is 3.51. The molecule has 0 aromatic heterocycles. The second kappa shape index (κ2) is 9.32. The van der Waals surface area contributed by atoms with E-state index < -0.39 is 0 Å².